The fraction of sp³-hybridized carbons (Fsp3) is 0.571. The average molecular weight is 238 g/mol. The quantitative estimate of drug-likeness (QED) is 0.738. The first-order valence-corrected chi connectivity index (χ1v) is 4.81. The molecule has 1 aromatic rings. The van der Waals surface area contributed by atoms with Crippen molar-refractivity contribution in [2.45, 2.75) is 12.8 Å². The average Bonchev–Trinajstić information content (AvgIpc) is 2.26. The Labute approximate surface area is 79.7 Å². The van der Waals surface area contributed by atoms with E-state index >= 15 is 0 Å². The highest BCUT2D eigenvalue weighted by Gasteiger charge is 2.02. The van der Waals surface area contributed by atoms with E-state index in [1.54, 1.807) is 4.68 Å². The Morgan fingerprint density at radius 1 is 1.73 bits per heavy atom. The molecule has 0 unspecified atom stereocenters. The van der Waals surface area contributed by atoms with Crippen LogP contribution in [-0.4, -0.2) is 15.7 Å². The second-order valence-corrected chi connectivity index (χ2v) is 3.54. The van der Waals surface area contributed by atoms with Gasteiger partial charge in [0.1, 0.15) is 4.60 Å². The van der Waals surface area contributed by atoms with Gasteiger partial charge in [-0.2, -0.15) is 5.10 Å². The van der Waals surface area contributed by atoms with Gasteiger partial charge in [0.05, 0.1) is 0 Å². The van der Waals surface area contributed by atoms with Crippen LogP contribution in [-0.2, 0) is 13.5 Å². The van der Waals surface area contributed by atoms with Gasteiger partial charge in [-0.15, -0.1) is 11.6 Å². The van der Waals surface area contributed by atoms with E-state index in [1.807, 2.05) is 13.2 Å². The molecule has 0 aliphatic rings. The molecule has 0 amide bonds. The molecule has 0 atom stereocenters. The SMILES string of the molecule is Cn1cc(CCCCl)c(Br)n1. The smallest absolute Gasteiger partial charge is 0.131 e. The van der Waals surface area contributed by atoms with Crippen LogP contribution < -0.4 is 0 Å². The van der Waals surface area contributed by atoms with Gasteiger partial charge in [-0.25, -0.2) is 0 Å². The monoisotopic (exact) mass is 236 g/mol. The van der Waals surface area contributed by atoms with Crippen LogP contribution in [0.15, 0.2) is 10.8 Å². The topological polar surface area (TPSA) is 17.8 Å². The van der Waals surface area contributed by atoms with Crippen LogP contribution in [0.25, 0.3) is 0 Å². The van der Waals surface area contributed by atoms with Gasteiger partial charge in [0, 0.05) is 24.7 Å². The number of halogens is 2. The Bertz CT molecular complexity index is 234. The molecule has 1 rings (SSSR count). The molecule has 0 spiro atoms. The van der Waals surface area contributed by atoms with E-state index in [1.165, 1.54) is 5.56 Å². The number of nitrogens with zero attached hydrogens (tertiary/aromatic N) is 2. The first kappa shape index (κ1) is 9.07. The van der Waals surface area contributed by atoms with Gasteiger partial charge in [0.25, 0.3) is 0 Å². The summed E-state index contributed by atoms with van der Waals surface area (Å²) in [7, 11) is 1.91. The van der Waals surface area contributed by atoms with Crippen LogP contribution in [0.5, 0.6) is 0 Å². The molecule has 0 saturated heterocycles. The second-order valence-electron chi connectivity index (χ2n) is 2.41. The Balaban J connectivity index is 2.62. The van der Waals surface area contributed by atoms with Crippen molar-refractivity contribution in [1.29, 1.82) is 0 Å². The van der Waals surface area contributed by atoms with Crippen LogP contribution in [0.2, 0.25) is 0 Å². The van der Waals surface area contributed by atoms with E-state index in [4.69, 9.17) is 11.6 Å². The van der Waals surface area contributed by atoms with Crippen molar-refractivity contribution in [2.24, 2.45) is 7.05 Å². The first-order valence-electron chi connectivity index (χ1n) is 3.48. The third-order valence-electron chi connectivity index (χ3n) is 1.43. The van der Waals surface area contributed by atoms with Gasteiger partial charge < -0.3 is 0 Å². The Morgan fingerprint density at radius 3 is 2.91 bits per heavy atom. The molecule has 0 aliphatic heterocycles. The zero-order valence-corrected chi connectivity index (χ0v) is 8.69. The van der Waals surface area contributed by atoms with Crippen LogP contribution in [0.1, 0.15) is 12.0 Å². The minimum absolute atomic E-state index is 0.710. The highest BCUT2D eigenvalue weighted by molar-refractivity contribution is 9.10. The van der Waals surface area contributed by atoms with Crippen LogP contribution in [0.4, 0.5) is 0 Å². The van der Waals surface area contributed by atoms with Crippen molar-refractivity contribution in [1.82, 2.24) is 9.78 Å². The molecule has 62 valence electrons. The third-order valence-corrected chi connectivity index (χ3v) is 2.37. The largest absolute Gasteiger partial charge is 0.274 e. The Hall–Kier alpha value is -0.0200. The van der Waals surface area contributed by atoms with Gasteiger partial charge >= 0.3 is 0 Å². The van der Waals surface area contributed by atoms with Crippen molar-refractivity contribution in [3.63, 3.8) is 0 Å². The Morgan fingerprint density at radius 2 is 2.45 bits per heavy atom. The standard InChI is InChI=1S/C7H10BrClN2/c1-11-5-6(3-2-4-9)7(8)10-11/h5H,2-4H2,1H3. The van der Waals surface area contributed by atoms with Crippen molar-refractivity contribution in [2.75, 3.05) is 5.88 Å². The van der Waals surface area contributed by atoms with Crippen LogP contribution in [0.3, 0.4) is 0 Å². The van der Waals surface area contributed by atoms with E-state index in [-0.39, 0.29) is 0 Å². The highest BCUT2D eigenvalue weighted by Crippen LogP contribution is 2.15. The number of alkyl halides is 1. The van der Waals surface area contributed by atoms with Crippen molar-refractivity contribution >= 4 is 27.5 Å². The molecule has 0 aromatic carbocycles. The third kappa shape index (κ3) is 2.49. The van der Waals surface area contributed by atoms with E-state index in [0.717, 1.165) is 17.4 Å². The number of aryl methyl sites for hydroxylation is 2. The van der Waals surface area contributed by atoms with Gasteiger partial charge in [-0.3, -0.25) is 4.68 Å². The lowest BCUT2D eigenvalue weighted by Gasteiger charge is -1.91. The molecule has 2 nitrogen and oxygen atoms in total. The van der Waals surface area contributed by atoms with Gasteiger partial charge in [-0.1, -0.05) is 0 Å². The van der Waals surface area contributed by atoms with E-state index in [0.29, 0.717) is 5.88 Å². The van der Waals surface area contributed by atoms with Crippen LogP contribution in [0, 0.1) is 0 Å². The summed E-state index contributed by atoms with van der Waals surface area (Å²) >= 11 is 8.94. The predicted molar refractivity (Wildman–Crippen MR) is 49.9 cm³/mol. The molecule has 4 heteroatoms. The van der Waals surface area contributed by atoms with E-state index < -0.39 is 0 Å². The minimum atomic E-state index is 0.710. The summed E-state index contributed by atoms with van der Waals surface area (Å²) in [5.41, 5.74) is 1.23. The molecule has 0 aliphatic carbocycles. The lowest BCUT2D eigenvalue weighted by molar-refractivity contribution is 0.760. The molecular weight excluding hydrogens is 227 g/mol. The fourth-order valence-corrected chi connectivity index (χ4v) is 1.62. The molecule has 0 N–H and O–H groups in total. The maximum absolute atomic E-state index is 5.57. The fourth-order valence-electron chi connectivity index (χ4n) is 0.935. The summed E-state index contributed by atoms with van der Waals surface area (Å²) in [6.07, 6.45) is 4.01. The number of hydrogen-bond acceptors (Lipinski definition) is 1. The van der Waals surface area contributed by atoms with E-state index in [2.05, 4.69) is 21.0 Å². The molecule has 0 bridgehead atoms. The number of hydrogen-bond donors (Lipinski definition) is 0. The first-order chi connectivity index (χ1) is 5.24. The maximum atomic E-state index is 5.57. The molecule has 1 heterocycles. The molecule has 0 saturated carbocycles. The zero-order valence-electron chi connectivity index (χ0n) is 6.35. The molecule has 1 aromatic heterocycles. The number of aromatic nitrogens is 2. The summed E-state index contributed by atoms with van der Waals surface area (Å²) < 4.78 is 2.73. The molecule has 0 radical (unpaired) electrons. The summed E-state index contributed by atoms with van der Waals surface area (Å²) in [5.74, 6) is 0.710. The molecule has 0 fully saturated rings. The van der Waals surface area contributed by atoms with Crippen molar-refractivity contribution in [3.05, 3.63) is 16.4 Å². The lowest BCUT2D eigenvalue weighted by atomic mass is 10.2. The summed E-state index contributed by atoms with van der Waals surface area (Å²) in [6.45, 7) is 0. The molecule has 11 heavy (non-hydrogen) atoms. The normalized spacial score (nSPS) is 10.5. The minimum Gasteiger partial charge on any atom is -0.274 e. The van der Waals surface area contributed by atoms with Gasteiger partial charge in [0.15, 0.2) is 0 Å². The predicted octanol–water partition coefficient (Wildman–Crippen LogP) is 2.35. The van der Waals surface area contributed by atoms with E-state index in [9.17, 15) is 0 Å². The van der Waals surface area contributed by atoms with Crippen LogP contribution >= 0.6 is 27.5 Å². The highest BCUT2D eigenvalue weighted by atomic mass is 79.9. The Kier molecular flexibility index (Phi) is 3.40. The second kappa shape index (κ2) is 4.12. The maximum Gasteiger partial charge on any atom is 0.131 e. The summed E-state index contributed by atoms with van der Waals surface area (Å²) in [6, 6.07) is 0. The zero-order chi connectivity index (χ0) is 8.27. The van der Waals surface area contributed by atoms with Crippen molar-refractivity contribution in [3.8, 4) is 0 Å². The molecular formula is C7H10BrClN2. The van der Waals surface area contributed by atoms with Crippen molar-refractivity contribution < 1.29 is 0 Å². The summed E-state index contributed by atoms with van der Waals surface area (Å²) in [4.78, 5) is 0. The number of rotatable bonds is 3. The van der Waals surface area contributed by atoms with Gasteiger partial charge in [0.2, 0.25) is 0 Å². The lowest BCUT2D eigenvalue weighted by Crippen LogP contribution is -1.85. The van der Waals surface area contributed by atoms with Gasteiger partial charge in [-0.05, 0) is 28.8 Å². The summed E-state index contributed by atoms with van der Waals surface area (Å²) in [5, 5.41) is 4.15.